The van der Waals surface area contributed by atoms with Crippen molar-refractivity contribution in [2.75, 3.05) is 20.1 Å². The molecule has 40 heavy (non-hydrogen) atoms. The van der Waals surface area contributed by atoms with E-state index in [1.807, 2.05) is 30.7 Å². The van der Waals surface area contributed by atoms with Gasteiger partial charge in [-0.05, 0) is 62.3 Å². The number of aromatic nitrogens is 7. The van der Waals surface area contributed by atoms with E-state index in [-0.39, 0.29) is 17.7 Å². The van der Waals surface area contributed by atoms with Crippen LogP contribution in [-0.2, 0) is 4.79 Å². The van der Waals surface area contributed by atoms with Gasteiger partial charge in [-0.15, -0.1) is 0 Å². The van der Waals surface area contributed by atoms with Crippen LogP contribution in [0.3, 0.4) is 0 Å². The van der Waals surface area contributed by atoms with E-state index in [0.29, 0.717) is 23.6 Å². The molecule has 11 nitrogen and oxygen atoms in total. The van der Waals surface area contributed by atoms with E-state index >= 15 is 0 Å². The van der Waals surface area contributed by atoms with Crippen molar-refractivity contribution in [1.29, 1.82) is 0 Å². The Morgan fingerprint density at radius 1 is 1.10 bits per heavy atom. The molecule has 1 fully saturated rings. The second-order valence-electron chi connectivity index (χ2n) is 10.5. The number of hydrogen-bond acceptors (Lipinski definition) is 8. The lowest BCUT2D eigenvalue weighted by Gasteiger charge is -2.28. The molecule has 1 amide bonds. The number of nitrogens with one attached hydrogen (secondary N) is 3. The summed E-state index contributed by atoms with van der Waals surface area (Å²) in [5.74, 6) is 0.750. The molecule has 0 aromatic carbocycles. The average molecular weight is 533 g/mol. The maximum atomic E-state index is 12.9. The highest BCUT2D eigenvalue weighted by molar-refractivity contribution is 5.96. The normalized spacial score (nSPS) is 18.3. The molecule has 2 aliphatic rings. The molecule has 11 heteroatoms. The van der Waals surface area contributed by atoms with Crippen LogP contribution in [0.15, 0.2) is 66.1 Å². The molecule has 0 aliphatic carbocycles. The fraction of sp³-hybridized carbons (Fsp3) is 0.276. The predicted octanol–water partition coefficient (Wildman–Crippen LogP) is 3.82. The minimum atomic E-state index is -0.0180. The molecule has 0 radical (unpaired) electrons. The molecule has 7 heterocycles. The van der Waals surface area contributed by atoms with Gasteiger partial charge in [-0.1, -0.05) is 0 Å². The number of likely N-dealkylation sites (tertiary alicyclic amines) is 1. The van der Waals surface area contributed by atoms with Crippen molar-refractivity contribution in [1.82, 2.24) is 45.3 Å². The lowest BCUT2D eigenvalue weighted by Crippen LogP contribution is -2.39. The summed E-state index contributed by atoms with van der Waals surface area (Å²) in [4.78, 5) is 41.0. The highest BCUT2D eigenvalue weighted by Crippen LogP contribution is 2.32. The molecule has 1 saturated heterocycles. The number of allylic oxidation sites excluding steroid dienone is 1. The molecule has 200 valence electrons. The highest BCUT2D eigenvalue weighted by atomic mass is 16.1. The Kier molecular flexibility index (Phi) is 6.12. The second kappa shape index (κ2) is 10.1. The number of nitrogens with zero attached hydrogens (tertiary/aromatic N) is 7. The quantitative estimate of drug-likeness (QED) is 0.313. The van der Waals surface area contributed by atoms with Gasteiger partial charge in [-0.2, -0.15) is 5.10 Å². The van der Waals surface area contributed by atoms with Crippen LogP contribution >= 0.6 is 0 Å². The first-order valence-corrected chi connectivity index (χ1v) is 13.4. The van der Waals surface area contributed by atoms with Gasteiger partial charge in [0.1, 0.15) is 5.69 Å². The largest absolute Gasteiger partial charge is 0.335 e. The van der Waals surface area contributed by atoms with Crippen LogP contribution in [0.2, 0.25) is 0 Å². The van der Waals surface area contributed by atoms with Gasteiger partial charge in [0.2, 0.25) is 5.91 Å². The summed E-state index contributed by atoms with van der Waals surface area (Å²) in [7, 11) is 2.10. The molecule has 5 aromatic rings. The summed E-state index contributed by atoms with van der Waals surface area (Å²) in [5, 5.41) is 11.6. The molecule has 2 aliphatic heterocycles. The molecular formula is C29H28N10O. The van der Waals surface area contributed by atoms with Gasteiger partial charge in [-0.25, -0.2) is 9.97 Å². The number of fused-ring (bicyclic) bond motifs is 2. The molecule has 1 unspecified atom stereocenters. The first kappa shape index (κ1) is 24.3. The van der Waals surface area contributed by atoms with Gasteiger partial charge < -0.3 is 15.2 Å². The van der Waals surface area contributed by atoms with Crippen LogP contribution in [0.25, 0.3) is 44.7 Å². The number of pyridine rings is 3. The van der Waals surface area contributed by atoms with Crippen LogP contribution in [-0.4, -0.2) is 72.3 Å². The van der Waals surface area contributed by atoms with Crippen molar-refractivity contribution in [3.05, 3.63) is 66.6 Å². The number of imidazole rings is 1. The number of carbonyl (C=O) groups excluding carboxylic acids is 1. The Morgan fingerprint density at radius 3 is 2.80 bits per heavy atom. The van der Waals surface area contributed by atoms with E-state index in [1.165, 1.54) is 0 Å². The van der Waals surface area contributed by atoms with Crippen LogP contribution in [0.5, 0.6) is 0 Å². The van der Waals surface area contributed by atoms with Gasteiger partial charge >= 0.3 is 0 Å². The summed E-state index contributed by atoms with van der Waals surface area (Å²) >= 11 is 0. The first-order valence-electron chi connectivity index (χ1n) is 13.4. The van der Waals surface area contributed by atoms with Gasteiger partial charge in [0.15, 0.2) is 11.5 Å². The zero-order valence-electron chi connectivity index (χ0n) is 22.0. The molecule has 7 rings (SSSR count). The van der Waals surface area contributed by atoms with Crippen LogP contribution in [0, 0.1) is 5.92 Å². The van der Waals surface area contributed by atoms with E-state index < -0.39 is 0 Å². The van der Waals surface area contributed by atoms with Crippen molar-refractivity contribution in [3.63, 3.8) is 0 Å². The van der Waals surface area contributed by atoms with E-state index in [1.54, 1.807) is 24.8 Å². The summed E-state index contributed by atoms with van der Waals surface area (Å²) in [5.41, 5.74) is 6.72. The molecular weight excluding hydrogens is 504 g/mol. The number of aromatic amines is 2. The average Bonchev–Trinajstić information content (AvgIpc) is 3.62. The fourth-order valence-corrected chi connectivity index (χ4v) is 5.49. The lowest BCUT2D eigenvalue weighted by molar-refractivity contribution is -0.125. The van der Waals surface area contributed by atoms with E-state index in [4.69, 9.17) is 4.98 Å². The number of H-pyrrole nitrogens is 2. The maximum absolute atomic E-state index is 12.9. The Hall–Kier alpha value is -4.77. The third-order valence-corrected chi connectivity index (χ3v) is 7.78. The lowest BCUT2D eigenvalue weighted by atomic mass is 9.93. The Balaban J connectivity index is 1.15. The molecule has 5 aromatic heterocycles. The van der Waals surface area contributed by atoms with Crippen molar-refractivity contribution >= 4 is 34.2 Å². The SMILES string of the molecule is CN1CCC(C(=O)NC2=CN=CC(c3cnc4[nH]nc(-c5nc6c(-c7ccncc7)cncc6[nH]5)c4c3)C2)CC1. The van der Waals surface area contributed by atoms with Crippen molar-refractivity contribution < 1.29 is 4.79 Å². The summed E-state index contributed by atoms with van der Waals surface area (Å²) < 4.78 is 0. The maximum Gasteiger partial charge on any atom is 0.227 e. The number of rotatable bonds is 5. The monoisotopic (exact) mass is 532 g/mol. The molecule has 1 atom stereocenters. The number of piperidine rings is 1. The van der Waals surface area contributed by atoms with Crippen molar-refractivity contribution in [3.8, 4) is 22.6 Å². The smallest absolute Gasteiger partial charge is 0.227 e. The Labute approximate surface area is 229 Å². The van der Waals surface area contributed by atoms with E-state index in [9.17, 15) is 4.79 Å². The van der Waals surface area contributed by atoms with Gasteiger partial charge in [0.25, 0.3) is 0 Å². The summed E-state index contributed by atoms with van der Waals surface area (Å²) in [6.07, 6.45) is 15.0. The molecule has 0 saturated carbocycles. The Morgan fingerprint density at radius 2 is 1.95 bits per heavy atom. The second-order valence-corrected chi connectivity index (χ2v) is 10.5. The minimum absolute atomic E-state index is 0.0180. The predicted molar refractivity (Wildman–Crippen MR) is 152 cm³/mol. The summed E-state index contributed by atoms with van der Waals surface area (Å²) in [6.45, 7) is 1.90. The standard InChI is InChI=1S/C29H28N10O/c1-39-8-4-18(5-9-39)29(40)34-21-10-19(12-31-14-21)20-11-22-26(37-38-27(22)33-13-20)28-35-24-16-32-15-23(25(24)36-28)17-2-6-30-7-3-17/h2-3,6-7,11-16,18-19H,4-5,8-10H2,1H3,(H,34,40)(H,35,36)(H,33,37,38). The molecule has 0 spiro atoms. The van der Waals surface area contributed by atoms with E-state index in [2.05, 4.69) is 58.5 Å². The van der Waals surface area contributed by atoms with Crippen LogP contribution < -0.4 is 5.32 Å². The number of amides is 1. The number of carbonyl (C=O) groups is 1. The zero-order valence-corrected chi connectivity index (χ0v) is 22.0. The topological polar surface area (TPSA) is 141 Å². The first-order chi connectivity index (χ1) is 19.6. The van der Waals surface area contributed by atoms with Crippen LogP contribution in [0.1, 0.15) is 30.7 Å². The van der Waals surface area contributed by atoms with E-state index in [0.717, 1.165) is 64.7 Å². The Bertz CT molecular complexity index is 1760. The third-order valence-electron chi connectivity index (χ3n) is 7.78. The zero-order chi connectivity index (χ0) is 27.1. The fourth-order valence-electron chi connectivity index (χ4n) is 5.49. The van der Waals surface area contributed by atoms with Gasteiger partial charge in [0, 0.05) is 66.7 Å². The number of aliphatic imine (C=N–C) groups is 1. The third kappa shape index (κ3) is 4.54. The highest BCUT2D eigenvalue weighted by Gasteiger charge is 2.26. The number of hydrogen-bond donors (Lipinski definition) is 3. The summed E-state index contributed by atoms with van der Waals surface area (Å²) in [6, 6.07) is 5.96. The molecule has 0 bridgehead atoms. The molecule has 3 N–H and O–H groups in total. The van der Waals surface area contributed by atoms with Gasteiger partial charge in [-0.3, -0.25) is 24.9 Å². The van der Waals surface area contributed by atoms with Gasteiger partial charge in [0.05, 0.1) is 22.6 Å². The van der Waals surface area contributed by atoms with Crippen molar-refractivity contribution in [2.45, 2.75) is 25.2 Å². The minimum Gasteiger partial charge on any atom is -0.335 e. The van der Waals surface area contributed by atoms with Crippen molar-refractivity contribution in [2.24, 2.45) is 10.9 Å². The van der Waals surface area contributed by atoms with Crippen LogP contribution in [0.4, 0.5) is 0 Å².